The average molecular weight is 476 g/mol. The smallest absolute Gasteiger partial charge is 0.216 e. The Balaban J connectivity index is 0.00000338. The highest BCUT2D eigenvalue weighted by atomic mass is 127. The standard InChI is InChI=1S/C18H28N4O3.HI/c1-6-19-16(22-12-18(5,23)13-8-7-9-24-13)21-11-15-20-10-14(25-15)17(2,3)4;/h7-10,23H,6,11-12H2,1-5H3,(H2,19,21,22);1H. The van der Waals surface area contributed by atoms with Gasteiger partial charge in [0, 0.05) is 12.0 Å². The van der Waals surface area contributed by atoms with E-state index in [2.05, 4.69) is 41.4 Å². The van der Waals surface area contributed by atoms with Crippen molar-refractivity contribution in [2.45, 2.75) is 52.2 Å². The Morgan fingerprint density at radius 2 is 1.96 bits per heavy atom. The number of oxazole rings is 1. The van der Waals surface area contributed by atoms with Crippen LogP contribution in [0.1, 0.15) is 52.0 Å². The van der Waals surface area contributed by atoms with Crippen LogP contribution < -0.4 is 10.6 Å². The summed E-state index contributed by atoms with van der Waals surface area (Å²) >= 11 is 0. The van der Waals surface area contributed by atoms with Gasteiger partial charge in [0.15, 0.2) is 5.96 Å². The Morgan fingerprint density at radius 3 is 2.50 bits per heavy atom. The molecule has 1 unspecified atom stereocenters. The van der Waals surface area contributed by atoms with Gasteiger partial charge in [0.05, 0.1) is 19.0 Å². The minimum atomic E-state index is -1.14. The maximum Gasteiger partial charge on any atom is 0.216 e. The van der Waals surface area contributed by atoms with Gasteiger partial charge >= 0.3 is 0 Å². The summed E-state index contributed by atoms with van der Waals surface area (Å²) in [7, 11) is 0. The molecule has 0 fully saturated rings. The molecule has 2 heterocycles. The van der Waals surface area contributed by atoms with Crippen molar-refractivity contribution in [2.75, 3.05) is 13.1 Å². The predicted molar refractivity (Wildman–Crippen MR) is 112 cm³/mol. The van der Waals surface area contributed by atoms with Crippen molar-refractivity contribution in [1.29, 1.82) is 0 Å². The Hall–Kier alpha value is -1.55. The molecule has 8 heteroatoms. The van der Waals surface area contributed by atoms with Crippen molar-refractivity contribution in [2.24, 2.45) is 4.99 Å². The normalized spacial score (nSPS) is 14.5. The van der Waals surface area contributed by atoms with Gasteiger partial charge in [-0.3, -0.25) is 0 Å². The van der Waals surface area contributed by atoms with Crippen LogP contribution in [0.15, 0.2) is 38.4 Å². The molecule has 0 aromatic carbocycles. The summed E-state index contributed by atoms with van der Waals surface area (Å²) in [5.41, 5.74) is -1.22. The molecule has 0 amide bonds. The number of furan rings is 1. The molecular weight excluding hydrogens is 447 g/mol. The van der Waals surface area contributed by atoms with Crippen LogP contribution in [0.3, 0.4) is 0 Å². The molecule has 1 atom stereocenters. The molecule has 0 spiro atoms. The van der Waals surface area contributed by atoms with Gasteiger partial charge in [-0.2, -0.15) is 0 Å². The SMILES string of the molecule is CCNC(=NCc1ncc(C(C)(C)C)o1)NCC(C)(O)c1ccco1.I. The summed E-state index contributed by atoms with van der Waals surface area (Å²) in [5, 5.41) is 16.8. The zero-order valence-electron chi connectivity index (χ0n) is 16.0. The molecule has 2 aromatic heterocycles. The minimum absolute atomic E-state index is 0. The lowest BCUT2D eigenvalue weighted by Gasteiger charge is -2.22. The molecule has 0 radical (unpaired) electrons. The van der Waals surface area contributed by atoms with Gasteiger partial charge in [0.2, 0.25) is 5.89 Å². The second-order valence-electron chi connectivity index (χ2n) is 7.17. The van der Waals surface area contributed by atoms with E-state index < -0.39 is 5.60 Å². The van der Waals surface area contributed by atoms with Crippen LogP contribution in [0, 0.1) is 0 Å². The first-order valence-electron chi connectivity index (χ1n) is 8.46. The van der Waals surface area contributed by atoms with Gasteiger partial charge in [-0.1, -0.05) is 20.8 Å². The quantitative estimate of drug-likeness (QED) is 0.337. The number of halogens is 1. The molecule has 0 aliphatic carbocycles. The fourth-order valence-electron chi connectivity index (χ4n) is 2.15. The van der Waals surface area contributed by atoms with E-state index in [4.69, 9.17) is 8.83 Å². The number of rotatable bonds is 6. The van der Waals surface area contributed by atoms with Gasteiger partial charge in [-0.15, -0.1) is 24.0 Å². The van der Waals surface area contributed by atoms with Crippen LogP contribution in [0.25, 0.3) is 0 Å². The maximum absolute atomic E-state index is 10.5. The van der Waals surface area contributed by atoms with Crippen molar-refractivity contribution >= 4 is 29.9 Å². The summed E-state index contributed by atoms with van der Waals surface area (Å²) < 4.78 is 11.0. The monoisotopic (exact) mass is 476 g/mol. The van der Waals surface area contributed by atoms with Gasteiger partial charge in [0.1, 0.15) is 23.7 Å². The Bertz CT molecular complexity index is 688. The highest BCUT2D eigenvalue weighted by Crippen LogP contribution is 2.23. The van der Waals surface area contributed by atoms with E-state index in [1.54, 1.807) is 31.5 Å². The van der Waals surface area contributed by atoms with Crippen LogP contribution in [-0.2, 0) is 17.6 Å². The van der Waals surface area contributed by atoms with Crippen LogP contribution in [0.4, 0.5) is 0 Å². The summed E-state index contributed by atoms with van der Waals surface area (Å²) in [6, 6.07) is 3.49. The third kappa shape index (κ3) is 6.31. The lowest BCUT2D eigenvalue weighted by atomic mass is 9.94. The number of hydrogen-bond acceptors (Lipinski definition) is 5. The first kappa shape index (κ1) is 22.5. The Labute approximate surface area is 171 Å². The fraction of sp³-hybridized carbons (Fsp3) is 0.556. The van der Waals surface area contributed by atoms with Crippen molar-refractivity contribution in [3.05, 3.63) is 42.0 Å². The fourth-order valence-corrected chi connectivity index (χ4v) is 2.15. The zero-order chi connectivity index (χ0) is 18.5. The molecule has 0 aliphatic rings. The molecule has 0 bridgehead atoms. The maximum atomic E-state index is 10.5. The highest BCUT2D eigenvalue weighted by Gasteiger charge is 2.26. The second kappa shape index (κ2) is 9.40. The van der Waals surface area contributed by atoms with E-state index in [-0.39, 0.29) is 35.9 Å². The zero-order valence-corrected chi connectivity index (χ0v) is 18.3. The van der Waals surface area contributed by atoms with Crippen molar-refractivity contribution in [3.63, 3.8) is 0 Å². The van der Waals surface area contributed by atoms with E-state index in [1.165, 1.54) is 0 Å². The van der Waals surface area contributed by atoms with Crippen LogP contribution >= 0.6 is 24.0 Å². The topological polar surface area (TPSA) is 95.8 Å². The van der Waals surface area contributed by atoms with Gasteiger partial charge in [-0.25, -0.2) is 9.98 Å². The highest BCUT2D eigenvalue weighted by molar-refractivity contribution is 14.0. The third-order valence-electron chi connectivity index (χ3n) is 3.66. The lowest BCUT2D eigenvalue weighted by Crippen LogP contribution is -2.44. The number of nitrogens with zero attached hydrogens (tertiary/aromatic N) is 2. The summed E-state index contributed by atoms with van der Waals surface area (Å²) in [6.07, 6.45) is 3.28. The number of aliphatic hydroxyl groups is 1. The molecule has 3 N–H and O–H groups in total. The number of hydrogen-bond donors (Lipinski definition) is 3. The molecule has 146 valence electrons. The molecule has 7 nitrogen and oxygen atoms in total. The number of nitrogens with one attached hydrogen (secondary N) is 2. The molecule has 2 rings (SSSR count). The molecule has 26 heavy (non-hydrogen) atoms. The third-order valence-corrected chi connectivity index (χ3v) is 3.66. The summed E-state index contributed by atoms with van der Waals surface area (Å²) in [4.78, 5) is 8.73. The number of aliphatic imine (C=N–C) groups is 1. The van der Waals surface area contributed by atoms with E-state index in [0.717, 1.165) is 5.76 Å². The van der Waals surface area contributed by atoms with Gasteiger partial charge in [-0.05, 0) is 26.0 Å². The molecule has 2 aromatic rings. The van der Waals surface area contributed by atoms with E-state index >= 15 is 0 Å². The minimum Gasteiger partial charge on any atom is -0.466 e. The van der Waals surface area contributed by atoms with Gasteiger partial charge < -0.3 is 24.6 Å². The molecule has 0 aliphatic heterocycles. The Kier molecular flexibility index (Phi) is 8.14. The van der Waals surface area contributed by atoms with Crippen LogP contribution in [0.5, 0.6) is 0 Å². The molecule has 0 saturated carbocycles. The van der Waals surface area contributed by atoms with Crippen molar-refractivity contribution < 1.29 is 13.9 Å². The summed E-state index contributed by atoms with van der Waals surface area (Å²) in [5.74, 6) is 2.46. The van der Waals surface area contributed by atoms with Crippen LogP contribution in [-0.4, -0.2) is 29.1 Å². The largest absolute Gasteiger partial charge is 0.466 e. The van der Waals surface area contributed by atoms with E-state index in [9.17, 15) is 5.11 Å². The average Bonchev–Trinajstić information content (AvgIpc) is 3.20. The number of aromatic nitrogens is 1. The second-order valence-corrected chi connectivity index (χ2v) is 7.17. The Morgan fingerprint density at radius 1 is 1.23 bits per heavy atom. The molecule has 0 saturated heterocycles. The van der Waals surface area contributed by atoms with E-state index in [0.29, 0.717) is 30.7 Å². The van der Waals surface area contributed by atoms with E-state index in [1.807, 2.05) is 6.92 Å². The summed E-state index contributed by atoms with van der Waals surface area (Å²) in [6.45, 7) is 11.2. The first-order valence-corrected chi connectivity index (χ1v) is 8.46. The number of guanidine groups is 1. The van der Waals surface area contributed by atoms with Crippen molar-refractivity contribution in [1.82, 2.24) is 15.6 Å². The lowest BCUT2D eigenvalue weighted by molar-refractivity contribution is 0.0386. The molecular formula is C18H29IN4O3. The first-order chi connectivity index (χ1) is 11.7. The van der Waals surface area contributed by atoms with Gasteiger partial charge in [0.25, 0.3) is 0 Å². The van der Waals surface area contributed by atoms with Crippen molar-refractivity contribution in [3.8, 4) is 0 Å². The predicted octanol–water partition coefficient (Wildman–Crippen LogP) is 3.15. The van der Waals surface area contributed by atoms with Crippen LogP contribution in [0.2, 0.25) is 0 Å².